The van der Waals surface area contributed by atoms with Crippen LogP contribution in [0.25, 0.3) is 0 Å². The minimum absolute atomic E-state index is 0.0625. The predicted molar refractivity (Wildman–Crippen MR) is 71.4 cm³/mol. The quantitative estimate of drug-likeness (QED) is 0.840. The summed E-state index contributed by atoms with van der Waals surface area (Å²) in [5, 5.41) is 7.05. The molecule has 0 aliphatic heterocycles. The summed E-state index contributed by atoms with van der Waals surface area (Å²) in [7, 11) is 0. The van der Waals surface area contributed by atoms with E-state index in [9.17, 15) is 4.79 Å². The van der Waals surface area contributed by atoms with Crippen molar-refractivity contribution in [2.75, 3.05) is 12.3 Å². The van der Waals surface area contributed by atoms with E-state index in [1.165, 1.54) is 0 Å². The molecule has 1 aliphatic carbocycles. The fraction of sp³-hybridized carbons (Fsp3) is 0.692. The molecule has 0 unspecified atom stereocenters. The Morgan fingerprint density at radius 3 is 2.72 bits per heavy atom. The molecule has 3 N–H and O–H groups in total. The zero-order valence-electron chi connectivity index (χ0n) is 11.4. The maximum atomic E-state index is 12.4. The third kappa shape index (κ3) is 2.35. The molecule has 1 aliphatic rings. The number of carbonyl (C=O) groups is 1. The zero-order chi connectivity index (χ0) is 13.3. The Balaban J connectivity index is 2.21. The van der Waals surface area contributed by atoms with Crippen LogP contribution < -0.4 is 5.73 Å². The summed E-state index contributed by atoms with van der Waals surface area (Å²) in [6.07, 6.45) is 3.22. The molecule has 0 bridgehead atoms. The average molecular weight is 250 g/mol. The number of aromatic nitrogens is 2. The van der Waals surface area contributed by atoms with E-state index < -0.39 is 0 Å². The van der Waals surface area contributed by atoms with Crippen LogP contribution in [-0.2, 0) is 0 Å². The number of nitrogens with two attached hydrogens (primary N) is 1. The molecule has 0 radical (unpaired) electrons. The molecule has 0 atom stereocenters. The van der Waals surface area contributed by atoms with E-state index in [1.54, 1.807) is 0 Å². The molecular formula is C13H22N4O. The van der Waals surface area contributed by atoms with Gasteiger partial charge < -0.3 is 10.6 Å². The minimum Gasteiger partial charge on any atom is -0.395 e. The van der Waals surface area contributed by atoms with Crippen LogP contribution in [0.1, 0.15) is 62.1 Å². The van der Waals surface area contributed by atoms with Gasteiger partial charge in [-0.1, -0.05) is 6.92 Å². The normalized spacial score (nSPS) is 15.1. The lowest BCUT2D eigenvalue weighted by Gasteiger charge is -2.25. The van der Waals surface area contributed by atoms with Crippen LogP contribution in [-0.4, -0.2) is 33.6 Å². The number of hydrogen-bond acceptors (Lipinski definition) is 3. The Labute approximate surface area is 108 Å². The van der Waals surface area contributed by atoms with Gasteiger partial charge in [-0.25, -0.2) is 0 Å². The maximum Gasteiger partial charge on any atom is 0.276 e. The van der Waals surface area contributed by atoms with Gasteiger partial charge in [0.15, 0.2) is 5.69 Å². The molecule has 18 heavy (non-hydrogen) atoms. The Hall–Kier alpha value is -1.52. The topological polar surface area (TPSA) is 75.0 Å². The average Bonchev–Trinajstić information content (AvgIpc) is 3.09. The van der Waals surface area contributed by atoms with E-state index >= 15 is 0 Å². The van der Waals surface area contributed by atoms with Crippen molar-refractivity contribution < 1.29 is 4.79 Å². The fourth-order valence-electron chi connectivity index (χ4n) is 2.18. The van der Waals surface area contributed by atoms with Crippen LogP contribution >= 0.6 is 0 Å². The van der Waals surface area contributed by atoms with Crippen LogP contribution in [0.5, 0.6) is 0 Å². The van der Waals surface area contributed by atoms with Gasteiger partial charge in [-0.05, 0) is 33.1 Å². The smallest absolute Gasteiger partial charge is 0.276 e. The first-order valence-electron chi connectivity index (χ1n) is 6.71. The van der Waals surface area contributed by atoms with Gasteiger partial charge in [0.05, 0.1) is 11.4 Å². The van der Waals surface area contributed by atoms with Gasteiger partial charge in [-0.15, -0.1) is 0 Å². The van der Waals surface area contributed by atoms with Crippen molar-refractivity contribution in [3.05, 3.63) is 11.4 Å². The lowest BCUT2D eigenvalue weighted by atomic mass is 10.2. The van der Waals surface area contributed by atoms with Gasteiger partial charge in [-0.3, -0.25) is 9.89 Å². The van der Waals surface area contributed by atoms with E-state index in [-0.39, 0.29) is 11.9 Å². The summed E-state index contributed by atoms with van der Waals surface area (Å²) in [6.45, 7) is 6.82. The number of hydrogen-bond donors (Lipinski definition) is 2. The number of anilines is 1. The van der Waals surface area contributed by atoms with Crippen LogP contribution in [0.3, 0.4) is 0 Å². The maximum absolute atomic E-state index is 12.4. The Kier molecular flexibility index (Phi) is 3.59. The number of aromatic amines is 1. The van der Waals surface area contributed by atoms with Gasteiger partial charge in [0.1, 0.15) is 0 Å². The van der Waals surface area contributed by atoms with Crippen molar-refractivity contribution in [2.45, 2.75) is 52.0 Å². The molecule has 0 saturated heterocycles. The highest BCUT2D eigenvalue weighted by atomic mass is 16.2. The van der Waals surface area contributed by atoms with Crippen LogP contribution in [0.15, 0.2) is 0 Å². The van der Waals surface area contributed by atoms with Crippen LogP contribution in [0.4, 0.5) is 5.69 Å². The van der Waals surface area contributed by atoms with Gasteiger partial charge >= 0.3 is 0 Å². The SMILES string of the molecule is CCCN(C(=O)c1n[nH]c(C2CC2)c1N)C(C)C. The molecule has 5 nitrogen and oxygen atoms in total. The van der Waals surface area contributed by atoms with E-state index in [0.717, 1.165) is 31.5 Å². The largest absolute Gasteiger partial charge is 0.395 e. The summed E-state index contributed by atoms with van der Waals surface area (Å²) in [5.74, 6) is 0.422. The predicted octanol–water partition coefficient (Wildman–Crippen LogP) is 2.13. The highest BCUT2D eigenvalue weighted by Crippen LogP contribution is 2.42. The Morgan fingerprint density at radius 2 is 2.22 bits per heavy atom. The fourth-order valence-corrected chi connectivity index (χ4v) is 2.18. The van der Waals surface area contributed by atoms with E-state index in [0.29, 0.717) is 17.3 Å². The lowest BCUT2D eigenvalue weighted by molar-refractivity contribution is 0.0701. The van der Waals surface area contributed by atoms with E-state index in [1.807, 2.05) is 18.7 Å². The number of nitrogen functional groups attached to an aromatic ring is 1. The second-order valence-electron chi connectivity index (χ2n) is 5.27. The molecule has 2 rings (SSSR count). The van der Waals surface area contributed by atoms with Crippen molar-refractivity contribution >= 4 is 11.6 Å². The molecular weight excluding hydrogens is 228 g/mol. The minimum atomic E-state index is -0.0625. The number of H-pyrrole nitrogens is 1. The summed E-state index contributed by atoms with van der Waals surface area (Å²) in [6, 6.07) is 0.165. The van der Waals surface area contributed by atoms with Crippen LogP contribution in [0, 0.1) is 0 Å². The second kappa shape index (κ2) is 5.00. The zero-order valence-corrected chi connectivity index (χ0v) is 11.4. The lowest BCUT2D eigenvalue weighted by Crippen LogP contribution is -2.38. The highest BCUT2D eigenvalue weighted by Gasteiger charge is 2.31. The second-order valence-corrected chi connectivity index (χ2v) is 5.27. The summed E-state index contributed by atoms with van der Waals surface area (Å²) >= 11 is 0. The molecule has 100 valence electrons. The highest BCUT2D eigenvalue weighted by molar-refractivity contribution is 5.98. The van der Waals surface area contributed by atoms with Crippen molar-refractivity contribution in [3.8, 4) is 0 Å². The van der Waals surface area contributed by atoms with E-state index in [4.69, 9.17) is 5.73 Å². The number of nitrogens with zero attached hydrogens (tertiary/aromatic N) is 2. The van der Waals surface area contributed by atoms with Crippen molar-refractivity contribution in [2.24, 2.45) is 0 Å². The number of amides is 1. The van der Waals surface area contributed by atoms with Crippen LogP contribution in [0.2, 0.25) is 0 Å². The molecule has 0 aromatic carbocycles. The number of carbonyl (C=O) groups excluding carboxylic acids is 1. The first-order chi connectivity index (χ1) is 8.56. The molecule has 0 spiro atoms. The van der Waals surface area contributed by atoms with E-state index in [2.05, 4.69) is 17.1 Å². The molecule has 1 aromatic heterocycles. The molecule has 1 heterocycles. The molecule has 1 amide bonds. The Morgan fingerprint density at radius 1 is 1.56 bits per heavy atom. The summed E-state index contributed by atoms with van der Waals surface area (Å²) < 4.78 is 0. The molecule has 1 fully saturated rings. The Bertz CT molecular complexity index is 434. The summed E-state index contributed by atoms with van der Waals surface area (Å²) in [5.41, 5.74) is 7.91. The van der Waals surface area contributed by atoms with Gasteiger partial charge in [0.2, 0.25) is 0 Å². The third-order valence-corrected chi connectivity index (χ3v) is 3.37. The van der Waals surface area contributed by atoms with Gasteiger partial charge in [0.25, 0.3) is 5.91 Å². The van der Waals surface area contributed by atoms with Crippen molar-refractivity contribution in [3.63, 3.8) is 0 Å². The first-order valence-corrected chi connectivity index (χ1v) is 6.71. The summed E-state index contributed by atoms with van der Waals surface area (Å²) in [4.78, 5) is 14.2. The number of rotatable bonds is 5. The first kappa shape index (κ1) is 12.9. The molecule has 5 heteroatoms. The molecule has 1 aromatic rings. The third-order valence-electron chi connectivity index (χ3n) is 3.37. The van der Waals surface area contributed by atoms with Gasteiger partial charge in [0, 0.05) is 18.5 Å². The monoisotopic (exact) mass is 250 g/mol. The number of nitrogens with one attached hydrogen (secondary N) is 1. The standard InChI is InChI=1S/C13H22N4O/c1-4-7-17(8(2)3)13(18)12-10(14)11(15-16-12)9-5-6-9/h8-9H,4-7,14H2,1-3H3,(H,15,16). The van der Waals surface area contributed by atoms with Gasteiger partial charge in [-0.2, -0.15) is 5.10 Å². The van der Waals surface area contributed by atoms with Crippen molar-refractivity contribution in [1.82, 2.24) is 15.1 Å². The molecule has 1 saturated carbocycles. The van der Waals surface area contributed by atoms with Crippen molar-refractivity contribution in [1.29, 1.82) is 0 Å².